The highest BCUT2D eigenvalue weighted by molar-refractivity contribution is 4.83. The minimum absolute atomic E-state index is 0.00232. The van der Waals surface area contributed by atoms with Gasteiger partial charge in [0.15, 0.2) is 6.29 Å². The predicted octanol–water partition coefficient (Wildman–Crippen LogP) is 2.78. The molecule has 1 aliphatic heterocycles. The molecule has 1 aliphatic rings. The molecule has 0 radical (unpaired) electrons. The average molecular weight is 209 g/mol. The minimum Gasteiger partial charge on any atom is -0.353 e. The van der Waals surface area contributed by atoms with Gasteiger partial charge >= 0.3 is 0 Å². The predicted molar refractivity (Wildman–Crippen MR) is 58.1 cm³/mol. The molecule has 1 heterocycles. The Hall–Kier alpha value is -0.850. The van der Waals surface area contributed by atoms with Crippen molar-refractivity contribution in [3.63, 3.8) is 0 Å². The Bertz CT molecular complexity index is 214. The van der Waals surface area contributed by atoms with Crippen molar-refractivity contribution in [2.75, 3.05) is 13.2 Å². The molecule has 1 atom stereocenters. The van der Waals surface area contributed by atoms with Crippen molar-refractivity contribution in [3.05, 3.63) is 12.2 Å². The van der Waals surface area contributed by atoms with Crippen LogP contribution < -0.4 is 0 Å². The number of unbranched alkanes of at least 4 members (excludes halogenated alkanes) is 2. The van der Waals surface area contributed by atoms with Gasteiger partial charge in [-0.05, 0) is 32.1 Å². The number of ether oxygens (including phenoxy) is 2. The lowest BCUT2D eigenvalue weighted by Crippen LogP contribution is -2.22. The summed E-state index contributed by atoms with van der Waals surface area (Å²) in [6.45, 7) is 1.45. The third-order valence-electron chi connectivity index (χ3n) is 2.34. The summed E-state index contributed by atoms with van der Waals surface area (Å²) in [4.78, 5) is 0. The lowest BCUT2D eigenvalue weighted by atomic mass is 10.2. The van der Waals surface area contributed by atoms with Gasteiger partial charge in [0.05, 0.1) is 12.7 Å². The first-order valence-corrected chi connectivity index (χ1v) is 5.68. The van der Waals surface area contributed by atoms with E-state index in [0.717, 1.165) is 32.3 Å². The Morgan fingerprint density at radius 3 is 3.07 bits per heavy atom. The molecule has 15 heavy (non-hydrogen) atoms. The summed E-state index contributed by atoms with van der Waals surface area (Å²) in [5.41, 5.74) is 0. The van der Waals surface area contributed by atoms with Gasteiger partial charge in [0, 0.05) is 13.0 Å². The maximum atomic E-state index is 8.32. The molecule has 0 spiro atoms. The van der Waals surface area contributed by atoms with Crippen LogP contribution in [-0.2, 0) is 9.47 Å². The van der Waals surface area contributed by atoms with Crippen molar-refractivity contribution < 1.29 is 9.47 Å². The molecule has 1 unspecified atom stereocenters. The van der Waals surface area contributed by atoms with Gasteiger partial charge in [-0.1, -0.05) is 12.2 Å². The molecule has 0 N–H and O–H groups in total. The molecule has 0 aromatic heterocycles. The summed E-state index contributed by atoms with van der Waals surface area (Å²) in [6, 6.07) is 2.13. The highest BCUT2D eigenvalue weighted by Gasteiger charge is 2.12. The summed E-state index contributed by atoms with van der Waals surface area (Å²) in [5.74, 6) is 0. The first-order valence-electron chi connectivity index (χ1n) is 5.68. The highest BCUT2D eigenvalue weighted by Crippen LogP contribution is 2.13. The second-order valence-electron chi connectivity index (χ2n) is 3.65. The molecule has 1 fully saturated rings. The van der Waals surface area contributed by atoms with Crippen LogP contribution in [0.2, 0.25) is 0 Å². The third-order valence-corrected chi connectivity index (χ3v) is 2.34. The maximum absolute atomic E-state index is 8.32. The molecule has 3 heteroatoms. The normalized spacial score (nSPS) is 21.7. The quantitative estimate of drug-likeness (QED) is 0.499. The van der Waals surface area contributed by atoms with E-state index in [1.807, 2.05) is 6.08 Å². The van der Waals surface area contributed by atoms with Crippen LogP contribution in [0, 0.1) is 11.3 Å². The van der Waals surface area contributed by atoms with Gasteiger partial charge < -0.3 is 9.47 Å². The van der Waals surface area contributed by atoms with Crippen LogP contribution in [0.1, 0.15) is 38.5 Å². The third kappa shape index (κ3) is 6.27. The second-order valence-corrected chi connectivity index (χ2v) is 3.65. The zero-order valence-corrected chi connectivity index (χ0v) is 9.15. The van der Waals surface area contributed by atoms with Gasteiger partial charge in [-0.2, -0.15) is 5.26 Å². The van der Waals surface area contributed by atoms with E-state index in [2.05, 4.69) is 12.1 Å². The van der Waals surface area contributed by atoms with Crippen LogP contribution >= 0.6 is 0 Å². The summed E-state index contributed by atoms with van der Waals surface area (Å²) in [5, 5.41) is 8.32. The molecule has 3 nitrogen and oxygen atoms in total. The van der Waals surface area contributed by atoms with Crippen LogP contribution in [0.5, 0.6) is 0 Å². The smallest absolute Gasteiger partial charge is 0.157 e. The van der Waals surface area contributed by atoms with Gasteiger partial charge in [-0.15, -0.1) is 0 Å². The second kappa shape index (κ2) is 8.46. The molecule has 0 saturated carbocycles. The van der Waals surface area contributed by atoms with E-state index in [-0.39, 0.29) is 6.29 Å². The number of allylic oxidation sites excluding steroid dienone is 1. The van der Waals surface area contributed by atoms with Gasteiger partial charge in [0.1, 0.15) is 0 Å². The number of rotatable bonds is 6. The fraction of sp³-hybridized carbons (Fsp3) is 0.750. The molecule has 84 valence electrons. The first-order chi connectivity index (χ1) is 7.43. The van der Waals surface area contributed by atoms with Crippen LogP contribution in [0.4, 0.5) is 0 Å². The minimum atomic E-state index is 0.00232. The maximum Gasteiger partial charge on any atom is 0.157 e. The fourth-order valence-electron chi connectivity index (χ4n) is 1.49. The summed E-state index contributed by atoms with van der Waals surface area (Å²) >= 11 is 0. The monoisotopic (exact) mass is 209 g/mol. The van der Waals surface area contributed by atoms with Crippen molar-refractivity contribution in [1.82, 2.24) is 0 Å². The van der Waals surface area contributed by atoms with E-state index in [0.29, 0.717) is 13.0 Å². The average Bonchev–Trinajstić information content (AvgIpc) is 2.29. The van der Waals surface area contributed by atoms with Crippen LogP contribution in [-0.4, -0.2) is 19.5 Å². The van der Waals surface area contributed by atoms with E-state index in [1.54, 1.807) is 0 Å². The topological polar surface area (TPSA) is 42.2 Å². The lowest BCUT2D eigenvalue weighted by Gasteiger charge is -2.21. The first kappa shape index (κ1) is 12.2. The van der Waals surface area contributed by atoms with Crippen LogP contribution in [0.15, 0.2) is 12.2 Å². The van der Waals surface area contributed by atoms with E-state index >= 15 is 0 Å². The zero-order chi connectivity index (χ0) is 10.8. The molecular formula is C12H19NO2. The number of nitriles is 1. The summed E-state index contributed by atoms with van der Waals surface area (Å²) in [7, 11) is 0. The molecule has 0 aromatic carbocycles. The van der Waals surface area contributed by atoms with Crippen molar-refractivity contribution in [2.24, 2.45) is 0 Å². The Balaban J connectivity index is 1.93. The lowest BCUT2D eigenvalue weighted by molar-refractivity contribution is -0.155. The molecule has 1 saturated heterocycles. The Morgan fingerprint density at radius 1 is 1.40 bits per heavy atom. The fourth-order valence-corrected chi connectivity index (χ4v) is 1.49. The molecular weight excluding hydrogens is 190 g/mol. The van der Waals surface area contributed by atoms with Crippen molar-refractivity contribution in [3.8, 4) is 6.07 Å². The van der Waals surface area contributed by atoms with E-state index in [4.69, 9.17) is 14.7 Å². The van der Waals surface area contributed by atoms with Gasteiger partial charge in [0.25, 0.3) is 0 Å². The standard InChI is InChI=1S/C12H19NO2/c13-9-5-2-1-3-6-10-14-12-8-4-7-11-15-12/h3,6,12H,1-2,4-5,7-8,10-11H2/b6-3-. The Morgan fingerprint density at radius 2 is 2.33 bits per heavy atom. The molecule has 0 bridgehead atoms. The number of hydrogen-bond acceptors (Lipinski definition) is 3. The van der Waals surface area contributed by atoms with Gasteiger partial charge in [-0.3, -0.25) is 0 Å². The zero-order valence-electron chi connectivity index (χ0n) is 9.15. The summed E-state index contributed by atoms with van der Waals surface area (Å²) in [6.07, 6.45) is 9.99. The Labute approximate surface area is 91.7 Å². The molecule has 0 amide bonds. The number of nitrogens with zero attached hydrogens (tertiary/aromatic N) is 1. The van der Waals surface area contributed by atoms with E-state index in [9.17, 15) is 0 Å². The van der Waals surface area contributed by atoms with Crippen molar-refractivity contribution in [2.45, 2.75) is 44.8 Å². The van der Waals surface area contributed by atoms with Crippen LogP contribution in [0.25, 0.3) is 0 Å². The molecule has 0 aliphatic carbocycles. The van der Waals surface area contributed by atoms with Gasteiger partial charge in [0.2, 0.25) is 0 Å². The van der Waals surface area contributed by atoms with Crippen LogP contribution in [0.3, 0.4) is 0 Å². The Kier molecular flexibility index (Phi) is 6.89. The number of hydrogen-bond donors (Lipinski definition) is 0. The SMILES string of the molecule is N#CCCC/C=C\COC1CCCCO1. The van der Waals surface area contributed by atoms with Crippen molar-refractivity contribution >= 4 is 0 Å². The van der Waals surface area contributed by atoms with Crippen molar-refractivity contribution in [1.29, 1.82) is 5.26 Å². The summed E-state index contributed by atoms with van der Waals surface area (Å²) < 4.78 is 10.9. The molecule has 1 rings (SSSR count). The highest BCUT2D eigenvalue weighted by atomic mass is 16.7. The van der Waals surface area contributed by atoms with Gasteiger partial charge in [-0.25, -0.2) is 0 Å². The molecule has 0 aromatic rings. The van der Waals surface area contributed by atoms with E-state index < -0.39 is 0 Å². The van der Waals surface area contributed by atoms with E-state index in [1.165, 1.54) is 6.42 Å². The largest absolute Gasteiger partial charge is 0.353 e.